The fraction of sp³-hybridized carbons (Fsp3) is 0.0370. The quantitative estimate of drug-likeness (QED) is 0.131. The number of hydrogen-bond donors (Lipinski definition) is 0. The summed E-state index contributed by atoms with van der Waals surface area (Å²) in [4.78, 5) is 4.48. The van der Waals surface area contributed by atoms with Crippen LogP contribution in [0.2, 0.25) is 0 Å². The topological polar surface area (TPSA) is 54.1 Å². The molecule has 0 atom stereocenters. The van der Waals surface area contributed by atoms with Gasteiger partial charge in [-0.05, 0) is 133 Å². The Kier molecular flexibility index (Phi) is 10.8. The number of rotatable bonds is 10. The first-order valence-corrected chi connectivity index (χ1v) is 19.3. The summed E-state index contributed by atoms with van der Waals surface area (Å²) < 4.78 is 0. The van der Waals surface area contributed by atoms with E-state index in [9.17, 15) is 10.5 Å². The van der Waals surface area contributed by atoms with Gasteiger partial charge >= 0.3 is 0 Å². The Balaban J connectivity index is 1.03. The molecule has 0 aliphatic heterocycles. The van der Waals surface area contributed by atoms with E-state index in [2.05, 4.69) is 181 Å². The third kappa shape index (κ3) is 8.19. The van der Waals surface area contributed by atoms with Gasteiger partial charge in [0.25, 0.3) is 0 Å². The number of anilines is 6. The molecule has 276 valence electrons. The SMILES string of the molecule is Cc1ccc(N(c2ccccc2)c2ccc(/C=C\c3cc(C#N)c4cc(/C=C\c5ccc(N(c6ccccc6)c6ccc(C)cc6)cc5)cc(C#N)c4c3)cc2)cc1. The molecule has 0 radical (unpaired) electrons. The van der Waals surface area contributed by atoms with Gasteiger partial charge in [-0.2, -0.15) is 10.5 Å². The fourth-order valence-corrected chi connectivity index (χ4v) is 7.17. The number of hydrogen-bond acceptors (Lipinski definition) is 4. The van der Waals surface area contributed by atoms with E-state index in [4.69, 9.17) is 0 Å². The Morgan fingerprint density at radius 3 is 0.966 bits per heavy atom. The van der Waals surface area contributed by atoms with Crippen LogP contribution in [0.4, 0.5) is 34.1 Å². The Labute approximate surface area is 340 Å². The van der Waals surface area contributed by atoms with Crippen molar-refractivity contribution in [2.24, 2.45) is 0 Å². The van der Waals surface area contributed by atoms with E-state index >= 15 is 0 Å². The third-order valence-corrected chi connectivity index (χ3v) is 10.2. The maximum absolute atomic E-state index is 10.3. The van der Waals surface area contributed by atoms with Crippen LogP contribution in [0.5, 0.6) is 0 Å². The van der Waals surface area contributed by atoms with Gasteiger partial charge in [-0.25, -0.2) is 0 Å². The summed E-state index contributed by atoms with van der Waals surface area (Å²) in [5, 5.41) is 22.0. The Bertz CT molecular complexity index is 2630. The summed E-state index contributed by atoms with van der Waals surface area (Å²) in [7, 11) is 0. The zero-order chi connectivity index (χ0) is 39.8. The van der Waals surface area contributed by atoms with E-state index < -0.39 is 0 Å². The maximum Gasteiger partial charge on any atom is 0.0998 e. The molecule has 8 aromatic carbocycles. The van der Waals surface area contributed by atoms with Crippen LogP contribution in [0.25, 0.3) is 35.1 Å². The van der Waals surface area contributed by atoms with Crippen molar-refractivity contribution in [1.29, 1.82) is 10.5 Å². The third-order valence-electron chi connectivity index (χ3n) is 10.2. The molecule has 0 aromatic heterocycles. The molecule has 0 spiro atoms. The van der Waals surface area contributed by atoms with E-state index in [-0.39, 0.29) is 0 Å². The highest BCUT2D eigenvalue weighted by Gasteiger charge is 2.14. The van der Waals surface area contributed by atoms with Crippen LogP contribution in [0.15, 0.2) is 182 Å². The summed E-state index contributed by atoms with van der Waals surface area (Å²) in [6.45, 7) is 4.19. The zero-order valence-electron chi connectivity index (χ0n) is 32.4. The van der Waals surface area contributed by atoms with Crippen molar-refractivity contribution >= 4 is 69.2 Å². The van der Waals surface area contributed by atoms with Crippen LogP contribution in [-0.4, -0.2) is 0 Å². The van der Waals surface area contributed by atoms with Gasteiger partial charge in [0.1, 0.15) is 0 Å². The van der Waals surface area contributed by atoms with Crippen molar-refractivity contribution < 1.29 is 0 Å². The Morgan fingerprint density at radius 1 is 0.345 bits per heavy atom. The number of nitriles is 2. The molecule has 0 amide bonds. The molecule has 0 fully saturated rings. The van der Waals surface area contributed by atoms with Crippen LogP contribution in [0.1, 0.15) is 44.5 Å². The summed E-state index contributed by atoms with van der Waals surface area (Å²) >= 11 is 0. The minimum atomic E-state index is 0.525. The van der Waals surface area contributed by atoms with Crippen LogP contribution in [-0.2, 0) is 0 Å². The second kappa shape index (κ2) is 16.8. The number of para-hydroxylation sites is 2. The van der Waals surface area contributed by atoms with Crippen molar-refractivity contribution in [3.63, 3.8) is 0 Å². The fourth-order valence-electron chi connectivity index (χ4n) is 7.17. The number of aryl methyl sites for hydroxylation is 2. The predicted octanol–water partition coefficient (Wildman–Crippen LogP) is 14.5. The molecule has 8 aromatic rings. The average Bonchev–Trinajstić information content (AvgIpc) is 3.27. The first-order chi connectivity index (χ1) is 28.4. The molecule has 0 saturated heterocycles. The molecule has 58 heavy (non-hydrogen) atoms. The van der Waals surface area contributed by atoms with Gasteiger partial charge in [-0.3, -0.25) is 0 Å². The molecule has 0 saturated carbocycles. The van der Waals surface area contributed by atoms with Gasteiger partial charge in [-0.1, -0.05) is 120 Å². The highest BCUT2D eigenvalue weighted by molar-refractivity contribution is 5.97. The van der Waals surface area contributed by atoms with Gasteiger partial charge < -0.3 is 9.80 Å². The zero-order valence-corrected chi connectivity index (χ0v) is 32.4. The van der Waals surface area contributed by atoms with Crippen LogP contribution in [0, 0.1) is 36.5 Å². The molecular formula is C54H40N4. The first kappa shape index (κ1) is 37.0. The summed E-state index contributed by atoms with van der Waals surface area (Å²) in [6.07, 6.45) is 8.08. The lowest BCUT2D eigenvalue weighted by Crippen LogP contribution is -2.09. The van der Waals surface area contributed by atoms with Gasteiger partial charge in [-0.15, -0.1) is 0 Å². The minimum absolute atomic E-state index is 0.525. The van der Waals surface area contributed by atoms with Crippen molar-refractivity contribution in [2.75, 3.05) is 9.80 Å². The maximum atomic E-state index is 10.3. The van der Waals surface area contributed by atoms with Crippen molar-refractivity contribution in [3.8, 4) is 12.1 Å². The van der Waals surface area contributed by atoms with Gasteiger partial charge in [0.05, 0.1) is 23.3 Å². The highest BCUT2D eigenvalue weighted by atomic mass is 15.1. The smallest absolute Gasteiger partial charge is 0.0998 e. The lowest BCUT2D eigenvalue weighted by atomic mass is 9.95. The molecule has 0 aliphatic rings. The first-order valence-electron chi connectivity index (χ1n) is 19.3. The monoisotopic (exact) mass is 744 g/mol. The highest BCUT2D eigenvalue weighted by Crippen LogP contribution is 2.36. The average molecular weight is 745 g/mol. The largest absolute Gasteiger partial charge is 0.311 e. The van der Waals surface area contributed by atoms with Crippen molar-refractivity contribution in [1.82, 2.24) is 0 Å². The molecular weight excluding hydrogens is 705 g/mol. The summed E-state index contributed by atoms with van der Waals surface area (Å²) in [6, 6.07) is 67.2. The summed E-state index contributed by atoms with van der Waals surface area (Å²) in [5.41, 5.74) is 13.7. The van der Waals surface area contributed by atoms with Crippen molar-refractivity contribution in [3.05, 3.63) is 226 Å². The lowest BCUT2D eigenvalue weighted by molar-refractivity contribution is 1.27. The molecule has 4 nitrogen and oxygen atoms in total. The second-order valence-electron chi connectivity index (χ2n) is 14.3. The van der Waals surface area contributed by atoms with Crippen LogP contribution >= 0.6 is 0 Å². The predicted molar refractivity (Wildman–Crippen MR) is 243 cm³/mol. The molecule has 0 bridgehead atoms. The molecule has 8 rings (SSSR count). The van der Waals surface area contributed by atoms with E-state index in [1.807, 2.05) is 60.7 Å². The van der Waals surface area contributed by atoms with Gasteiger partial charge in [0, 0.05) is 44.9 Å². The standard InChI is InChI=1S/C54H40N4/c1-39-13-25-49(26-14-39)57(47-9-5-3-6-10-47)51-29-21-41(22-30-51)17-19-43-33-45(37-55)54-36-44(34-46(38-56)53(54)35-43)20-18-42-23-31-52(32-24-42)58(48-11-7-4-8-12-48)50-27-15-40(2)16-28-50/h3-36H,1-2H3/b19-17-,20-18-. The van der Waals surface area contributed by atoms with Crippen LogP contribution in [0.3, 0.4) is 0 Å². The molecule has 4 heteroatoms. The molecule has 0 unspecified atom stereocenters. The number of nitrogens with zero attached hydrogens (tertiary/aromatic N) is 4. The number of fused-ring (bicyclic) bond motifs is 1. The van der Waals surface area contributed by atoms with E-state index in [1.165, 1.54) is 11.1 Å². The normalized spacial score (nSPS) is 11.1. The Hall–Kier alpha value is -7.92. The lowest BCUT2D eigenvalue weighted by Gasteiger charge is -2.25. The summed E-state index contributed by atoms with van der Waals surface area (Å²) in [5.74, 6) is 0. The van der Waals surface area contributed by atoms with Gasteiger partial charge in [0.15, 0.2) is 0 Å². The number of benzene rings is 8. The molecule has 0 N–H and O–H groups in total. The minimum Gasteiger partial charge on any atom is -0.311 e. The molecule has 0 aliphatic carbocycles. The van der Waals surface area contributed by atoms with E-state index in [0.717, 1.165) is 67.2 Å². The van der Waals surface area contributed by atoms with E-state index in [1.54, 1.807) is 0 Å². The van der Waals surface area contributed by atoms with Gasteiger partial charge in [0.2, 0.25) is 0 Å². The molecule has 0 heterocycles. The van der Waals surface area contributed by atoms with Crippen LogP contribution < -0.4 is 9.80 Å². The van der Waals surface area contributed by atoms with E-state index in [0.29, 0.717) is 11.1 Å². The Morgan fingerprint density at radius 2 is 0.638 bits per heavy atom. The second-order valence-corrected chi connectivity index (χ2v) is 14.3. The van der Waals surface area contributed by atoms with Crippen molar-refractivity contribution in [2.45, 2.75) is 13.8 Å².